The maximum Gasteiger partial charge on any atom is 0.339 e. The highest BCUT2D eigenvalue weighted by atomic mass is 32.2. The Labute approximate surface area is 193 Å². The number of thiocarbonyl (C=S) groups is 1. The molecule has 32 heavy (non-hydrogen) atoms. The molecular weight excluding hydrogens is 450 g/mol. The van der Waals surface area contributed by atoms with Crippen molar-refractivity contribution in [3.8, 4) is 11.5 Å². The van der Waals surface area contributed by atoms with Crippen LogP contribution in [0.25, 0.3) is 22.4 Å². The molecule has 1 aromatic carbocycles. The van der Waals surface area contributed by atoms with Crippen molar-refractivity contribution in [3.63, 3.8) is 0 Å². The van der Waals surface area contributed by atoms with Crippen LogP contribution < -0.4 is 5.32 Å². The zero-order valence-electron chi connectivity index (χ0n) is 17.1. The van der Waals surface area contributed by atoms with E-state index in [9.17, 15) is 14.4 Å². The first-order valence-electron chi connectivity index (χ1n) is 9.80. The van der Waals surface area contributed by atoms with Gasteiger partial charge < -0.3 is 14.5 Å². The normalized spacial score (nSPS) is 13.6. The lowest BCUT2D eigenvalue weighted by Crippen LogP contribution is -2.38. The van der Waals surface area contributed by atoms with Crippen molar-refractivity contribution in [1.82, 2.24) is 15.2 Å². The minimum Gasteiger partial charge on any atom is -0.460 e. The quantitative estimate of drug-likeness (QED) is 0.416. The van der Waals surface area contributed by atoms with Crippen molar-refractivity contribution in [2.24, 2.45) is 0 Å². The first kappa shape index (κ1) is 22.0. The number of aryl methyl sites for hydroxylation is 1. The Morgan fingerprint density at radius 3 is 2.81 bits per heavy atom. The minimum atomic E-state index is -0.643. The predicted molar refractivity (Wildman–Crippen MR) is 124 cm³/mol. The summed E-state index contributed by atoms with van der Waals surface area (Å²) in [7, 11) is 0. The van der Waals surface area contributed by atoms with Gasteiger partial charge in [0.15, 0.2) is 12.4 Å². The lowest BCUT2D eigenvalue weighted by Gasteiger charge is -2.15. The van der Waals surface area contributed by atoms with Crippen molar-refractivity contribution in [3.05, 3.63) is 53.8 Å². The summed E-state index contributed by atoms with van der Waals surface area (Å²) in [4.78, 5) is 42.6. The zero-order valence-corrected chi connectivity index (χ0v) is 18.8. The zero-order chi connectivity index (χ0) is 22.7. The topological polar surface area (TPSA) is 102 Å². The molecule has 0 bridgehead atoms. The first-order chi connectivity index (χ1) is 15.4. The first-order valence-corrected chi connectivity index (χ1v) is 11.2. The number of ether oxygens (including phenoxy) is 1. The number of carbonyl (C=O) groups excluding carboxylic acids is 3. The maximum atomic E-state index is 12.8. The number of carbonyl (C=O) groups is 3. The molecule has 0 spiro atoms. The van der Waals surface area contributed by atoms with E-state index in [0.717, 1.165) is 5.76 Å². The van der Waals surface area contributed by atoms with Crippen molar-refractivity contribution < 1.29 is 23.5 Å². The van der Waals surface area contributed by atoms with Crippen molar-refractivity contribution in [2.75, 3.05) is 25.4 Å². The van der Waals surface area contributed by atoms with Crippen LogP contribution in [-0.2, 0) is 14.3 Å². The van der Waals surface area contributed by atoms with Gasteiger partial charge in [-0.1, -0.05) is 42.2 Å². The van der Waals surface area contributed by atoms with E-state index in [1.165, 1.54) is 16.7 Å². The molecular formula is C22H19N3O5S2. The second-order valence-corrected chi connectivity index (χ2v) is 8.62. The van der Waals surface area contributed by atoms with Gasteiger partial charge in [-0.25, -0.2) is 9.78 Å². The monoisotopic (exact) mass is 469 g/mol. The number of thioether (sulfide) groups is 1. The molecule has 164 valence electrons. The largest absolute Gasteiger partial charge is 0.460 e. The minimum absolute atomic E-state index is 0.0761. The van der Waals surface area contributed by atoms with Gasteiger partial charge in [0.25, 0.3) is 5.91 Å². The molecule has 2 amide bonds. The third kappa shape index (κ3) is 4.81. The second kappa shape index (κ2) is 9.49. The fourth-order valence-electron chi connectivity index (χ4n) is 3.21. The number of benzene rings is 1. The van der Waals surface area contributed by atoms with Crippen LogP contribution in [0.3, 0.4) is 0 Å². The molecule has 0 saturated carbocycles. The summed E-state index contributed by atoms with van der Waals surface area (Å²) in [5.41, 5.74) is 1.40. The Kier molecular flexibility index (Phi) is 6.52. The van der Waals surface area contributed by atoms with Gasteiger partial charge in [-0.05, 0) is 31.2 Å². The number of hydrogen-bond donors (Lipinski definition) is 1. The third-order valence-electron chi connectivity index (χ3n) is 4.76. The molecule has 1 fully saturated rings. The van der Waals surface area contributed by atoms with E-state index in [0.29, 0.717) is 32.4 Å². The number of rotatable bonds is 7. The molecule has 0 radical (unpaired) electrons. The van der Waals surface area contributed by atoms with Gasteiger partial charge in [0, 0.05) is 18.5 Å². The molecule has 1 aliphatic heterocycles. The van der Waals surface area contributed by atoms with Gasteiger partial charge in [0.2, 0.25) is 5.91 Å². The standard InChI is InChI=1S/C22H19N3O5S2/c1-13-6-7-18(30-13)17-10-15(14-4-2-3-5-16(14)24-17)21(28)29-11-19(26)23-8-9-25-20(27)12-32-22(25)31/h2-7,10H,8-9,11-12H2,1H3,(H,23,26). The van der Waals surface area contributed by atoms with Crippen molar-refractivity contribution >= 4 is 57.0 Å². The number of fused-ring (bicyclic) bond motifs is 1. The summed E-state index contributed by atoms with van der Waals surface area (Å²) >= 11 is 6.40. The number of amides is 2. The van der Waals surface area contributed by atoms with Gasteiger partial charge in [-0.15, -0.1) is 0 Å². The SMILES string of the molecule is Cc1ccc(-c2cc(C(=O)OCC(=O)NCCN3C(=O)CSC3=S)c3ccccc3n2)o1. The Morgan fingerprint density at radius 2 is 2.09 bits per heavy atom. The van der Waals surface area contributed by atoms with Gasteiger partial charge in [0.1, 0.15) is 15.8 Å². The van der Waals surface area contributed by atoms with Crippen LogP contribution in [0.4, 0.5) is 0 Å². The Balaban J connectivity index is 1.41. The van der Waals surface area contributed by atoms with E-state index < -0.39 is 18.5 Å². The van der Waals surface area contributed by atoms with E-state index in [2.05, 4.69) is 10.3 Å². The van der Waals surface area contributed by atoms with E-state index in [4.69, 9.17) is 21.4 Å². The van der Waals surface area contributed by atoms with Crippen LogP contribution in [0.2, 0.25) is 0 Å². The van der Waals surface area contributed by atoms with Crippen molar-refractivity contribution in [1.29, 1.82) is 0 Å². The van der Waals surface area contributed by atoms with E-state index >= 15 is 0 Å². The molecule has 8 nitrogen and oxygen atoms in total. The highest BCUT2D eigenvalue weighted by Gasteiger charge is 2.26. The third-order valence-corrected chi connectivity index (χ3v) is 6.19. The fourth-order valence-corrected chi connectivity index (χ4v) is 4.33. The van der Waals surface area contributed by atoms with Crippen LogP contribution in [0.1, 0.15) is 16.1 Å². The average molecular weight is 470 g/mol. The molecule has 10 heteroatoms. The van der Waals surface area contributed by atoms with Gasteiger partial charge in [0.05, 0.1) is 16.8 Å². The molecule has 4 rings (SSSR count). The summed E-state index contributed by atoms with van der Waals surface area (Å²) < 4.78 is 11.4. The average Bonchev–Trinajstić information content (AvgIpc) is 3.37. The van der Waals surface area contributed by atoms with Gasteiger partial charge in [-0.2, -0.15) is 0 Å². The lowest BCUT2D eigenvalue weighted by molar-refractivity contribution is -0.126. The lowest BCUT2D eigenvalue weighted by atomic mass is 10.1. The number of aromatic nitrogens is 1. The molecule has 3 heterocycles. The summed E-state index contributed by atoms with van der Waals surface area (Å²) in [6, 6.07) is 12.4. The molecule has 0 unspecified atom stereocenters. The number of hydrogen-bond acceptors (Lipinski definition) is 8. The van der Waals surface area contributed by atoms with E-state index in [1.54, 1.807) is 30.3 Å². The number of esters is 1. The molecule has 3 aromatic rings. The Bertz CT molecular complexity index is 1210. The second-order valence-electron chi connectivity index (χ2n) is 7.01. The summed E-state index contributed by atoms with van der Waals surface area (Å²) in [6.07, 6.45) is 0. The summed E-state index contributed by atoms with van der Waals surface area (Å²) in [5, 5.41) is 3.24. The van der Waals surface area contributed by atoms with Gasteiger partial charge in [-0.3, -0.25) is 14.5 Å². The number of nitrogens with zero attached hydrogens (tertiary/aromatic N) is 2. The molecule has 2 aromatic heterocycles. The highest BCUT2D eigenvalue weighted by molar-refractivity contribution is 8.23. The fraction of sp³-hybridized carbons (Fsp3) is 0.227. The smallest absolute Gasteiger partial charge is 0.339 e. The highest BCUT2D eigenvalue weighted by Crippen LogP contribution is 2.26. The van der Waals surface area contributed by atoms with E-state index in [-0.39, 0.29) is 24.6 Å². The molecule has 1 N–H and O–H groups in total. The molecule has 1 aliphatic rings. The molecule has 0 atom stereocenters. The summed E-state index contributed by atoms with van der Waals surface area (Å²) in [5.74, 6) is 0.398. The van der Waals surface area contributed by atoms with Crippen LogP contribution in [0.15, 0.2) is 46.9 Å². The number of furan rings is 1. The Morgan fingerprint density at radius 1 is 1.28 bits per heavy atom. The summed E-state index contributed by atoms with van der Waals surface area (Å²) in [6.45, 7) is 1.87. The van der Waals surface area contributed by atoms with Crippen molar-refractivity contribution in [2.45, 2.75) is 6.92 Å². The Hall–Kier alpha value is -3.24. The molecule has 0 aliphatic carbocycles. The maximum absolute atomic E-state index is 12.8. The number of nitrogens with one attached hydrogen (secondary N) is 1. The number of para-hydroxylation sites is 1. The number of pyridine rings is 1. The van der Waals surface area contributed by atoms with Crippen LogP contribution >= 0.6 is 24.0 Å². The predicted octanol–water partition coefficient (Wildman–Crippen LogP) is 2.94. The molecule has 1 saturated heterocycles. The van der Waals surface area contributed by atoms with Crippen LogP contribution in [0, 0.1) is 6.92 Å². The van der Waals surface area contributed by atoms with Gasteiger partial charge >= 0.3 is 5.97 Å². The van der Waals surface area contributed by atoms with E-state index in [1.807, 2.05) is 19.1 Å². The van der Waals surface area contributed by atoms with Crippen LogP contribution in [-0.4, -0.2) is 57.4 Å². The van der Waals surface area contributed by atoms with Crippen LogP contribution in [0.5, 0.6) is 0 Å².